The molecule has 10 heteroatoms. The molecular formula is C23H14N2O7S. The summed E-state index contributed by atoms with van der Waals surface area (Å²) in [5.74, 6) is -3.08. The zero-order valence-electron chi connectivity index (χ0n) is 16.6. The minimum absolute atomic E-state index is 0.0462. The summed E-state index contributed by atoms with van der Waals surface area (Å²) in [6, 6.07) is 14.8. The Morgan fingerprint density at radius 1 is 0.939 bits per heavy atom. The van der Waals surface area contributed by atoms with E-state index in [2.05, 4.69) is 5.32 Å². The molecule has 1 aliphatic heterocycles. The van der Waals surface area contributed by atoms with E-state index < -0.39 is 23.8 Å². The number of amides is 2. The van der Waals surface area contributed by atoms with Gasteiger partial charge in [0.05, 0.1) is 16.8 Å². The molecule has 1 aliphatic rings. The van der Waals surface area contributed by atoms with Crippen LogP contribution >= 0.6 is 12.2 Å². The van der Waals surface area contributed by atoms with Gasteiger partial charge in [0.25, 0.3) is 11.8 Å². The molecule has 2 heterocycles. The average molecular weight is 462 g/mol. The van der Waals surface area contributed by atoms with Gasteiger partial charge in [-0.1, -0.05) is 18.2 Å². The van der Waals surface area contributed by atoms with E-state index in [0.717, 1.165) is 4.90 Å². The molecule has 3 aromatic rings. The fourth-order valence-electron chi connectivity index (χ4n) is 3.17. The monoisotopic (exact) mass is 462 g/mol. The molecule has 9 nitrogen and oxygen atoms in total. The van der Waals surface area contributed by atoms with Gasteiger partial charge in [0.2, 0.25) is 0 Å². The fourth-order valence-corrected chi connectivity index (χ4v) is 3.46. The lowest BCUT2D eigenvalue weighted by atomic mass is 10.1. The smallest absolute Gasteiger partial charge is 0.335 e. The summed E-state index contributed by atoms with van der Waals surface area (Å²) < 4.78 is 5.70. The first-order valence-corrected chi connectivity index (χ1v) is 9.84. The number of carboxylic acid groups (broad SMARTS) is 2. The number of benzene rings is 2. The number of hydrogen-bond donors (Lipinski definition) is 3. The van der Waals surface area contributed by atoms with Gasteiger partial charge in [-0.05, 0) is 60.8 Å². The number of thiocarbonyl (C=S) groups is 1. The largest absolute Gasteiger partial charge is 0.478 e. The highest BCUT2D eigenvalue weighted by Crippen LogP contribution is 2.26. The number of nitrogens with zero attached hydrogens (tertiary/aromatic N) is 1. The number of carbonyl (C=O) groups excluding carboxylic acids is 2. The van der Waals surface area contributed by atoms with E-state index in [4.69, 9.17) is 21.7 Å². The third kappa shape index (κ3) is 4.27. The van der Waals surface area contributed by atoms with Crippen molar-refractivity contribution < 1.29 is 33.8 Å². The first kappa shape index (κ1) is 21.7. The summed E-state index contributed by atoms with van der Waals surface area (Å²) in [4.78, 5) is 48.8. The number of nitrogens with one attached hydrogen (secondary N) is 1. The van der Waals surface area contributed by atoms with Gasteiger partial charge in [-0.15, -0.1) is 0 Å². The zero-order valence-corrected chi connectivity index (χ0v) is 17.5. The van der Waals surface area contributed by atoms with Crippen LogP contribution < -0.4 is 10.2 Å². The van der Waals surface area contributed by atoms with Crippen LogP contribution in [0.5, 0.6) is 0 Å². The van der Waals surface area contributed by atoms with E-state index >= 15 is 0 Å². The minimum atomic E-state index is -1.17. The van der Waals surface area contributed by atoms with Gasteiger partial charge in [0, 0.05) is 5.56 Å². The highest BCUT2D eigenvalue weighted by Gasteiger charge is 2.35. The number of carboxylic acids is 2. The lowest BCUT2D eigenvalue weighted by Crippen LogP contribution is -2.54. The quantitative estimate of drug-likeness (QED) is 0.299. The van der Waals surface area contributed by atoms with Crippen LogP contribution in [0.4, 0.5) is 5.69 Å². The highest BCUT2D eigenvalue weighted by molar-refractivity contribution is 7.80. The van der Waals surface area contributed by atoms with Gasteiger partial charge in [0.15, 0.2) is 5.11 Å². The third-order valence-electron chi connectivity index (χ3n) is 4.78. The Morgan fingerprint density at radius 2 is 1.64 bits per heavy atom. The Labute approximate surface area is 191 Å². The van der Waals surface area contributed by atoms with E-state index in [1.807, 2.05) is 0 Å². The molecule has 1 fully saturated rings. The number of hydrogen-bond acceptors (Lipinski definition) is 6. The number of furan rings is 1. The standard InChI is InChI=1S/C23H14N2O7S/c26-19-17(11-16-8-9-18(32-16)12-4-6-13(7-5-12)21(28)29)20(27)25(23(33)24-19)15-3-1-2-14(10-15)22(30)31/h1-11H,(H,28,29)(H,30,31)(H,24,26,33). The molecule has 0 spiro atoms. The number of carbonyl (C=O) groups is 4. The third-order valence-corrected chi connectivity index (χ3v) is 5.07. The van der Waals surface area contributed by atoms with E-state index in [9.17, 15) is 24.3 Å². The molecular weight excluding hydrogens is 448 g/mol. The Bertz CT molecular complexity index is 1360. The van der Waals surface area contributed by atoms with Crippen LogP contribution in [0.1, 0.15) is 26.5 Å². The number of anilines is 1. The van der Waals surface area contributed by atoms with Crippen molar-refractivity contribution in [1.29, 1.82) is 0 Å². The van der Waals surface area contributed by atoms with Gasteiger partial charge >= 0.3 is 11.9 Å². The van der Waals surface area contributed by atoms with Crippen molar-refractivity contribution in [3.63, 3.8) is 0 Å². The highest BCUT2D eigenvalue weighted by atomic mass is 32.1. The Morgan fingerprint density at radius 3 is 2.30 bits per heavy atom. The molecule has 0 bridgehead atoms. The number of rotatable bonds is 5. The maximum Gasteiger partial charge on any atom is 0.335 e. The van der Waals surface area contributed by atoms with Crippen molar-refractivity contribution in [3.05, 3.63) is 83.1 Å². The SMILES string of the molecule is O=C1NC(=S)N(c2cccc(C(=O)O)c2)C(=O)C1=Cc1ccc(-c2ccc(C(=O)O)cc2)o1. The topological polar surface area (TPSA) is 137 Å². The fraction of sp³-hybridized carbons (Fsp3) is 0. The second-order valence-electron chi connectivity index (χ2n) is 6.90. The molecule has 0 unspecified atom stereocenters. The van der Waals surface area contributed by atoms with Crippen LogP contribution in [0.25, 0.3) is 17.4 Å². The molecule has 2 amide bonds. The minimum Gasteiger partial charge on any atom is -0.478 e. The molecule has 164 valence electrons. The predicted molar refractivity (Wildman–Crippen MR) is 121 cm³/mol. The Balaban J connectivity index is 1.65. The second kappa shape index (κ2) is 8.52. The van der Waals surface area contributed by atoms with E-state index in [1.165, 1.54) is 42.5 Å². The number of aromatic carboxylic acids is 2. The van der Waals surface area contributed by atoms with Gasteiger partial charge < -0.3 is 14.6 Å². The molecule has 33 heavy (non-hydrogen) atoms. The summed E-state index contributed by atoms with van der Waals surface area (Å²) >= 11 is 5.12. The molecule has 3 N–H and O–H groups in total. The lowest BCUT2D eigenvalue weighted by molar-refractivity contribution is -0.122. The van der Waals surface area contributed by atoms with Gasteiger partial charge in [0.1, 0.15) is 17.1 Å². The van der Waals surface area contributed by atoms with Crippen molar-refractivity contribution >= 4 is 52.8 Å². The van der Waals surface area contributed by atoms with Crippen molar-refractivity contribution in [2.24, 2.45) is 0 Å². The lowest BCUT2D eigenvalue weighted by Gasteiger charge is -2.28. The molecule has 1 saturated heterocycles. The molecule has 4 rings (SSSR count). The van der Waals surface area contributed by atoms with Crippen LogP contribution in [0.15, 0.2) is 70.7 Å². The van der Waals surface area contributed by atoms with Gasteiger partial charge in [-0.25, -0.2) is 9.59 Å². The van der Waals surface area contributed by atoms with Crippen LogP contribution in [-0.4, -0.2) is 39.1 Å². The van der Waals surface area contributed by atoms with Crippen LogP contribution in [-0.2, 0) is 9.59 Å². The zero-order chi connectivity index (χ0) is 23.7. The van der Waals surface area contributed by atoms with Crippen molar-refractivity contribution in [3.8, 4) is 11.3 Å². The molecule has 2 aromatic carbocycles. The first-order chi connectivity index (χ1) is 15.7. The van der Waals surface area contributed by atoms with E-state index in [0.29, 0.717) is 11.3 Å². The maximum absolute atomic E-state index is 13.1. The van der Waals surface area contributed by atoms with E-state index in [1.54, 1.807) is 24.3 Å². The van der Waals surface area contributed by atoms with Gasteiger partial charge in [-0.3, -0.25) is 19.8 Å². The van der Waals surface area contributed by atoms with Crippen molar-refractivity contribution in [2.45, 2.75) is 0 Å². The average Bonchev–Trinajstić information content (AvgIpc) is 3.25. The molecule has 1 aromatic heterocycles. The normalized spacial score (nSPS) is 15.0. The summed E-state index contributed by atoms with van der Waals surface area (Å²) in [5.41, 5.74) is 0.619. The molecule has 0 atom stereocenters. The molecule has 0 aliphatic carbocycles. The van der Waals surface area contributed by atoms with Gasteiger partial charge in [-0.2, -0.15) is 0 Å². The first-order valence-electron chi connectivity index (χ1n) is 9.43. The second-order valence-corrected chi connectivity index (χ2v) is 7.28. The predicted octanol–water partition coefficient (Wildman–Crippen LogP) is 3.17. The van der Waals surface area contributed by atoms with Crippen molar-refractivity contribution in [2.75, 3.05) is 4.90 Å². The summed E-state index contributed by atoms with van der Waals surface area (Å²) in [5, 5.41) is 20.5. The van der Waals surface area contributed by atoms with Crippen LogP contribution in [0, 0.1) is 0 Å². The Hall–Kier alpha value is -4.57. The van der Waals surface area contributed by atoms with E-state index in [-0.39, 0.29) is 33.3 Å². The van der Waals surface area contributed by atoms with Crippen LogP contribution in [0.3, 0.4) is 0 Å². The maximum atomic E-state index is 13.1. The van der Waals surface area contributed by atoms with Crippen LogP contribution in [0.2, 0.25) is 0 Å². The summed E-state index contributed by atoms with van der Waals surface area (Å²) in [6.07, 6.45) is 1.25. The van der Waals surface area contributed by atoms with Crippen molar-refractivity contribution in [1.82, 2.24) is 5.32 Å². The Kier molecular flexibility index (Phi) is 5.59. The summed E-state index contributed by atoms with van der Waals surface area (Å²) in [6.45, 7) is 0. The molecule has 0 radical (unpaired) electrons. The summed E-state index contributed by atoms with van der Waals surface area (Å²) in [7, 11) is 0. The molecule has 0 saturated carbocycles.